The van der Waals surface area contributed by atoms with Crippen LogP contribution in [-0.2, 0) is 24.0 Å². The minimum Gasteiger partial charge on any atom is -0.403 e. The number of hydrogen-bond donors (Lipinski definition) is 2. The highest BCUT2D eigenvalue weighted by molar-refractivity contribution is 7.46. The molecule has 0 bridgehead atoms. The van der Waals surface area contributed by atoms with E-state index in [-0.39, 0.29) is 41.0 Å². The summed E-state index contributed by atoms with van der Waals surface area (Å²) in [7, 11) is -4.83. The number of halogens is 1. The topological polar surface area (TPSA) is 102 Å². The molecule has 0 amide bonds. The molecule has 9 heteroatoms. The van der Waals surface area contributed by atoms with Gasteiger partial charge in [0.1, 0.15) is 17.4 Å². The summed E-state index contributed by atoms with van der Waals surface area (Å²) in [4.78, 5) is 36.7. The van der Waals surface area contributed by atoms with Gasteiger partial charge in [-0.25, -0.2) is 13.9 Å². The van der Waals surface area contributed by atoms with Crippen LogP contribution in [0, 0.1) is 18.7 Å². The zero-order valence-corrected chi connectivity index (χ0v) is 19.1. The largest absolute Gasteiger partial charge is 0.524 e. The number of phosphoric acid groups is 1. The molecule has 0 fully saturated rings. The van der Waals surface area contributed by atoms with Gasteiger partial charge in [-0.05, 0) is 55.5 Å². The van der Waals surface area contributed by atoms with Gasteiger partial charge >= 0.3 is 7.82 Å². The summed E-state index contributed by atoms with van der Waals surface area (Å²) >= 11 is 0. The van der Waals surface area contributed by atoms with Crippen molar-refractivity contribution in [3.05, 3.63) is 81.5 Å². The minimum atomic E-state index is -4.83. The fourth-order valence-corrected chi connectivity index (χ4v) is 3.96. The number of aryl methyl sites for hydroxylation is 2. The molecule has 170 valence electrons. The molecule has 7 nitrogen and oxygen atoms in total. The van der Waals surface area contributed by atoms with E-state index in [0.717, 1.165) is 0 Å². The van der Waals surface area contributed by atoms with Gasteiger partial charge in [0, 0.05) is 17.8 Å². The number of phosphoric ester groups is 1. The molecule has 0 spiro atoms. The van der Waals surface area contributed by atoms with E-state index >= 15 is 0 Å². The van der Waals surface area contributed by atoms with E-state index in [1.807, 2.05) is 13.8 Å². The molecule has 0 atom stereocenters. The maximum atomic E-state index is 13.6. The molecule has 32 heavy (non-hydrogen) atoms. The zero-order chi connectivity index (χ0) is 23.5. The van der Waals surface area contributed by atoms with Crippen LogP contribution in [0.3, 0.4) is 0 Å². The summed E-state index contributed by atoms with van der Waals surface area (Å²) in [5.74, 6) is 0.0256. The Hall–Kier alpha value is -2.80. The molecular weight excluding hydrogens is 434 g/mol. The van der Waals surface area contributed by atoms with E-state index in [2.05, 4.69) is 4.98 Å². The van der Waals surface area contributed by atoms with Crippen LogP contribution in [0.4, 0.5) is 4.39 Å². The molecule has 2 aromatic carbocycles. The third-order valence-electron chi connectivity index (χ3n) is 4.94. The Kier molecular flexibility index (Phi) is 7.29. The highest BCUT2D eigenvalue weighted by Gasteiger charge is 2.23. The van der Waals surface area contributed by atoms with Crippen molar-refractivity contribution in [2.75, 3.05) is 0 Å². The van der Waals surface area contributed by atoms with Crippen LogP contribution in [0.5, 0.6) is 5.75 Å². The van der Waals surface area contributed by atoms with Crippen LogP contribution < -0.4 is 10.1 Å². The van der Waals surface area contributed by atoms with E-state index in [1.54, 1.807) is 37.3 Å². The third-order valence-corrected chi connectivity index (χ3v) is 5.37. The summed E-state index contributed by atoms with van der Waals surface area (Å²) in [6.07, 6.45) is 0.913. The molecule has 0 radical (unpaired) electrons. The SMILES string of the molecule is Cc1nc(-c2ccccc2OP(=O)(O)O)n(CCc2cccc(F)c2)c(=O)c1CC(C)C. The second-order valence-electron chi connectivity index (χ2n) is 8.01. The van der Waals surface area contributed by atoms with Crippen LogP contribution >= 0.6 is 7.82 Å². The van der Waals surface area contributed by atoms with Gasteiger partial charge in [0.15, 0.2) is 0 Å². The fraction of sp³-hybridized carbons (Fsp3) is 0.304. The van der Waals surface area contributed by atoms with Crippen LogP contribution in [0.2, 0.25) is 0 Å². The molecule has 0 aliphatic heterocycles. The molecule has 0 saturated heterocycles. The predicted molar refractivity (Wildman–Crippen MR) is 120 cm³/mol. The fourth-order valence-electron chi connectivity index (χ4n) is 3.55. The predicted octanol–water partition coefficient (Wildman–Crippen LogP) is 4.27. The number of benzene rings is 2. The zero-order valence-electron chi connectivity index (χ0n) is 18.2. The van der Waals surface area contributed by atoms with E-state index in [4.69, 9.17) is 4.52 Å². The first kappa shape index (κ1) is 23.9. The standard InChI is InChI=1S/C23H26FN2O5P/c1-15(2)13-20-16(3)25-22(19-9-4-5-10-21(19)31-32(28,29)30)26(23(20)27)12-11-17-7-6-8-18(24)14-17/h4-10,14-15H,11-13H2,1-3H3,(H2,28,29,30). The molecule has 1 aromatic heterocycles. The van der Waals surface area contributed by atoms with Crippen molar-refractivity contribution in [1.82, 2.24) is 9.55 Å². The van der Waals surface area contributed by atoms with Gasteiger partial charge in [-0.2, -0.15) is 0 Å². The maximum absolute atomic E-state index is 13.6. The van der Waals surface area contributed by atoms with Gasteiger partial charge in [0.05, 0.1) is 5.56 Å². The van der Waals surface area contributed by atoms with Crippen LogP contribution in [0.25, 0.3) is 11.4 Å². The smallest absolute Gasteiger partial charge is 0.403 e. The van der Waals surface area contributed by atoms with Gasteiger partial charge in [0.25, 0.3) is 5.56 Å². The summed E-state index contributed by atoms with van der Waals surface area (Å²) in [5, 5.41) is 0. The van der Waals surface area contributed by atoms with E-state index in [0.29, 0.717) is 29.7 Å². The van der Waals surface area contributed by atoms with Gasteiger partial charge in [-0.15, -0.1) is 0 Å². The number of para-hydroxylation sites is 1. The van der Waals surface area contributed by atoms with E-state index < -0.39 is 7.82 Å². The molecular formula is C23H26FN2O5P. The lowest BCUT2D eigenvalue weighted by molar-refractivity contribution is 0.283. The Morgan fingerprint density at radius 1 is 1.16 bits per heavy atom. The monoisotopic (exact) mass is 460 g/mol. The quantitative estimate of drug-likeness (QED) is 0.487. The summed E-state index contributed by atoms with van der Waals surface area (Å²) in [6.45, 7) is 5.96. The molecule has 3 aromatic rings. The summed E-state index contributed by atoms with van der Waals surface area (Å²) in [6, 6.07) is 12.4. The van der Waals surface area contributed by atoms with Crippen LogP contribution in [0.15, 0.2) is 53.3 Å². The van der Waals surface area contributed by atoms with Crippen molar-refractivity contribution >= 4 is 7.82 Å². The third kappa shape index (κ3) is 5.91. The van der Waals surface area contributed by atoms with Gasteiger partial charge in [-0.3, -0.25) is 19.1 Å². The minimum absolute atomic E-state index is 0.0803. The first-order chi connectivity index (χ1) is 15.0. The first-order valence-electron chi connectivity index (χ1n) is 10.2. The highest BCUT2D eigenvalue weighted by atomic mass is 31.2. The number of aromatic nitrogens is 2. The first-order valence-corrected chi connectivity index (χ1v) is 11.8. The Morgan fingerprint density at radius 2 is 1.88 bits per heavy atom. The average molecular weight is 460 g/mol. The highest BCUT2D eigenvalue weighted by Crippen LogP contribution is 2.41. The van der Waals surface area contributed by atoms with Crippen molar-refractivity contribution in [3.8, 4) is 17.1 Å². The van der Waals surface area contributed by atoms with Gasteiger partial charge in [0.2, 0.25) is 0 Å². The molecule has 0 aliphatic rings. The second-order valence-corrected chi connectivity index (χ2v) is 9.18. The normalized spacial score (nSPS) is 11.7. The Morgan fingerprint density at radius 3 is 2.53 bits per heavy atom. The summed E-state index contributed by atoms with van der Waals surface area (Å²) in [5.41, 5.74) is 1.90. The maximum Gasteiger partial charge on any atom is 0.524 e. The number of nitrogens with zero attached hydrogens (tertiary/aromatic N) is 2. The van der Waals surface area contributed by atoms with Gasteiger partial charge < -0.3 is 4.52 Å². The van der Waals surface area contributed by atoms with Crippen molar-refractivity contribution in [1.29, 1.82) is 0 Å². The van der Waals surface area contributed by atoms with Crippen molar-refractivity contribution in [2.45, 2.75) is 40.2 Å². The second kappa shape index (κ2) is 9.77. The van der Waals surface area contributed by atoms with Crippen LogP contribution in [-0.4, -0.2) is 19.3 Å². The number of rotatable bonds is 8. The Labute approximate surface area is 185 Å². The van der Waals surface area contributed by atoms with Crippen molar-refractivity contribution in [2.24, 2.45) is 5.92 Å². The lowest BCUT2D eigenvalue weighted by Crippen LogP contribution is -2.29. The molecule has 0 saturated carbocycles. The van der Waals surface area contributed by atoms with Crippen LogP contribution in [0.1, 0.15) is 30.7 Å². The Balaban J connectivity index is 2.15. The van der Waals surface area contributed by atoms with E-state index in [9.17, 15) is 23.5 Å². The molecule has 0 aliphatic carbocycles. The van der Waals surface area contributed by atoms with Crippen molar-refractivity contribution < 1.29 is 23.3 Å². The Bertz CT molecular complexity index is 1220. The van der Waals surface area contributed by atoms with Crippen molar-refractivity contribution in [3.63, 3.8) is 0 Å². The van der Waals surface area contributed by atoms with E-state index in [1.165, 1.54) is 22.8 Å². The van der Waals surface area contributed by atoms with Gasteiger partial charge in [-0.1, -0.05) is 38.1 Å². The molecule has 1 heterocycles. The molecule has 3 rings (SSSR count). The molecule has 0 unspecified atom stereocenters. The average Bonchev–Trinajstić information content (AvgIpc) is 2.69. The lowest BCUT2D eigenvalue weighted by atomic mass is 10.0. The molecule has 2 N–H and O–H groups in total. The number of hydrogen-bond acceptors (Lipinski definition) is 4. The summed E-state index contributed by atoms with van der Waals surface area (Å²) < 4.78 is 31.4. The lowest BCUT2D eigenvalue weighted by Gasteiger charge is -2.19.